The average Bonchev–Trinajstić information content (AvgIpc) is 1.87. The van der Waals surface area contributed by atoms with E-state index in [0.29, 0.717) is 0 Å². The lowest BCUT2D eigenvalue weighted by molar-refractivity contribution is -0.133. The number of aliphatic carboxylic acids is 1. The average molecular weight is 160 g/mol. The fourth-order valence-corrected chi connectivity index (χ4v) is 0.510. The second-order valence-electron chi connectivity index (χ2n) is 2.42. The van der Waals surface area contributed by atoms with Gasteiger partial charge in [-0.05, 0) is 6.92 Å². The minimum Gasteiger partial charge on any atom is -0.478 e. The Morgan fingerprint density at radius 2 is 2.00 bits per heavy atom. The van der Waals surface area contributed by atoms with Crippen LogP contribution in [-0.2, 0) is 4.79 Å². The third-order valence-electron chi connectivity index (χ3n) is 1.31. The lowest BCUT2D eigenvalue weighted by Gasteiger charge is -2.12. The Bertz CT molecular complexity index is 162. The Balaban J connectivity index is 3.85. The van der Waals surface area contributed by atoms with Crippen LogP contribution in [0.1, 0.15) is 13.3 Å². The first-order chi connectivity index (χ1) is 4.95. The predicted octanol–water partition coefficient (Wildman–Crippen LogP) is -0.241. The molecule has 0 aromatic heterocycles. The van der Waals surface area contributed by atoms with Crippen molar-refractivity contribution in [3.8, 4) is 0 Å². The van der Waals surface area contributed by atoms with Gasteiger partial charge in [-0.15, -0.1) is 0 Å². The summed E-state index contributed by atoms with van der Waals surface area (Å²) in [5, 5.41) is 26.1. The summed E-state index contributed by atoms with van der Waals surface area (Å²) in [5.74, 6) is -1.15. The number of carbonyl (C=O) groups is 1. The Labute approximate surface area is 64.8 Å². The minimum atomic E-state index is -1.15. The molecule has 3 N–H and O–H groups in total. The molecule has 0 amide bonds. The Morgan fingerprint density at radius 3 is 2.27 bits per heavy atom. The molecule has 0 aromatic rings. The molecule has 2 atom stereocenters. The number of carboxylic acids is 1. The molecule has 0 aliphatic carbocycles. The monoisotopic (exact) mass is 160 g/mol. The molecule has 0 rings (SSSR count). The molecule has 2 unspecified atom stereocenters. The molecular formula is C7H12O4. The van der Waals surface area contributed by atoms with Crippen LogP contribution in [0.2, 0.25) is 0 Å². The second kappa shape index (κ2) is 4.10. The molecule has 64 valence electrons. The van der Waals surface area contributed by atoms with Gasteiger partial charge >= 0.3 is 5.97 Å². The number of hydrogen-bond donors (Lipinski definition) is 3. The first kappa shape index (κ1) is 10.1. The van der Waals surface area contributed by atoms with Crippen LogP contribution in [0.15, 0.2) is 12.2 Å². The molecule has 0 aliphatic rings. The van der Waals surface area contributed by atoms with Gasteiger partial charge in [0.15, 0.2) is 0 Å². The van der Waals surface area contributed by atoms with Crippen molar-refractivity contribution in [3.05, 3.63) is 12.2 Å². The largest absolute Gasteiger partial charge is 0.478 e. The van der Waals surface area contributed by atoms with Crippen molar-refractivity contribution in [2.24, 2.45) is 0 Å². The third-order valence-corrected chi connectivity index (χ3v) is 1.31. The summed E-state index contributed by atoms with van der Waals surface area (Å²) in [4.78, 5) is 10.2. The Morgan fingerprint density at radius 1 is 1.55 bits per heavy atom. The highest BCUT2D eigenvalue weighted by atomic mass is 16.4. The lowest BCUT2D eigenvalue weighted by Crippen LogP contribution is -2.24. The van der Waals surface area contributed by atoms with Gasteiger partial charge in [-0.25, -0.2) is 4.79 Å². The molecule has 0 aliphatic heterocycles. The van der Waals surface area contributed by atoms with Gasteiger partial charge in [0.05, 0.1) is 12.2 Å². The van der Waals surface area contributed by atoms with Crippen molar-refractivity contribution in [1.29, 1.82) is 0 Å². The van der Waals surface area contributed by atoms with Gasteiger partial charge in [0.1, 0.15) is 0 Å². The number of carboxylic acid groups (broad SMARTS) is 1. The maximum Gasteiger partial charge on any atom is 0.331 e. The molecular weight excluding hydrogens is 148 g/mol. The molecule has 0 saturated heterocycles. The quantitative estimate of drug-likeness (QED) is 0.496. The SMILES string of the molecule is C=C(CC(O)C(C)O)C(=O)O. The van der Waals surface area contributed by atoms with Gasteiger partial charge in [-0.1, -0.05) is 6.58 Å². The summed E-state index contributed by atoms with van der Waals surface area (Å²) < 4.78 is 0. The summed E-state index contributed by atoms with van der Waals surface area (Å²) in [7, 11) is 0. The van der Waals surface area contributed by atoms with E-state index in [1.165, 1.54) is 6.92 Å². The van der Waals surface area contributed by atoms with E-state index in [0.717, 1.165) is 0 Å². The summed E-state index contributed by atoms with van der Waals surface area (Å²) in [6, 6.07) is 0. The molecule has 0 radical (unpaired) electrons. The van der Waals surface area contributed by atoms with Gasteiger partial charge in [0, 0.05) is 12.0 Å². The van der Waals surface area contributed by atoms with E-state index < -0.39 is 18.2 Å². The Kier molecular flexibility index (Phi) is 3.78. The van der Waals surface area contributed by atoms with Crippen molar-refractivity contribution in [2.75, 3.05) is 0 Å². The molecule has 4 nitrogen and oxygen atoms in total. The number of aliphatic hydroxyl groups is 2. The van der Waals surface area contributed by atoms with Gasteiger partial charge in [-0.3, -0.25) is 0 Å². The van der Waals surface area contributed by atoms with Gasteiger partial charge < -0.3 is 15.3 Å². The van der Waals surface area contributed by atoms with Crippen molar-refractivity contribution < 1.29 is 20.1 Å². The first-order valence-electron chi connectivity index (χ1n) is 3.22. The molecule has 0 heterocycles. The van der Waals surface area contributed by atoms with Crippen LogP contribution in [0.3, 0.4) is 0 Å². The van der Waals surface area contributed by atoms with Crippen molar-refractivity contribution in [3.63, 3.8) is 0 Å². The smallest absolute Gasteiger partial charge is 0.331 e. The molecule has 0 fully saturated rings. The zero-order valence-electron chi connectivity index (χ0n) is 6.32. The topological polar surface area (TPSA) is 77.8 Å². The number of aliphatic hydroxyl groups excluding tert-OH is 2. The van der Waals surface area contributed by atoms with Crippen molar-refractivity contribution >= 4 is 5.97 Å². The number of hydrogen-bond acceptors (Lipinski definition) is 3. The van der Waals surface area contributed by atoms with E-state index in [-0.39, 0.29) is 12.0 Å². The minimum absolute atomic E-state index is 0.0987. The van der Waals surface area contributed by atoms with E-state index in [2.05, 4.69) is 6.58 Å². The highest BCUT2D eigenvalue weighted by Crippen LogP contribution is 2.06. The fraction of sp³-hybridized carbons (Fsp3) is 0.571. The maximum atomic E-state index is 10.2. The zero-order valence-corrected chi connectivity index (χ0v) is 6.32. The summed E-state index contributed by atoms with van der Waals surface area (Å²) in [5.41, 5.74) is -0.0987. The standard InChI is InChI=1S/C7H12O4/c1-4(7(10)11)3-6(9)5(2)8/h5-6,8-9H,1,3H2,2H3,(H,10,11). The predicted molar refractivity (Wildman–Crippen MR) is 39.1 cm³/mol. The van der Waals surface area contributed by atoms with Crippen LogP contribution >= 0.6 is 0 Å². The summed E-state index contributed by atoms with van der Waals surface area (Å²) in [6.45, 7) is 4.59. The Hall–Kier alpha value is -0.870. The maximum absolute atomic E-state index is 10.2. The lowest BCUT2D eigenvalue weighted by atomic mass is 10.1. The molecule has 0 saturated carbocycles. The highest BCUT2D eigenvalue weighted by Gasteiger charge is 2.15. The van der Waals surface area contributed by atoms with Gasteiger partial charge in [0.25, 0.3) is 0 Å². The van der Waals surface area contributed by atoms with Gasteiger partial charge in [0.2, 0.25) is 0 Å². The van der Waals surface area contributed by atoms with Crippen LogP contribution in [0.4, 0.5) is 0 Å². The van der Waals surface area contributed by atoms with Crippen LogP contribution in [0.25, 0.3) is 0 Å². The molecule has 4 heteroatoms. The summed E-state index contributed by atoms with van der Waals surface area (Å²) in [6.07, 6.45) is -2.07. The van der Waals surface area contributed by atoms with Crippen molar-refractivity contribution in [2.45, 2.75) is 25.6 Å². The number of rotatable bonds is 4. The zero-order chi connectivity index (χ0) is 9.02. The van der Waals surface area contributed by atoms with E-state index in [4.69, 9.17) is 15.3 Å². The summed E-state index contributed by atoms with van der Waals surface area (Å²) >= 11 is 0. The second-order valence-corrected chi connectivity index (χ2v) is 2.42. The normalized spacial score (nSPS) is 15.5. The van der Waals surface area contributed by atoms with E-state index in [1.807, 2.05) is 0 Å². The van der Waals surface area contributed by atoms with Crippen LogP contribution in [0, 0.1) is 0 Å². The molecule has 0 aromatic carbocycles. The molecule has 0 bridgehead atoms. The third kappa shape index (κ3) is 3.75. The first-order valence-corrected chi connectivity index (χ1v) is 3.22. The van der Waals surface area contributed by atoms with Crippen LogP contribution in [-0.4, -0.2) is 33.5 Å². The molecule has 0 spiro atoms. The molecule has 11 heavy (non-hydrogen) atoms. The van der Waals surface area contributed by atoms with Crippen LogP contribution < -0.4 is 0 Å². The van der Waals surface area contributed by atoms with E-state index in [9.17, 15) is 4.79 Å². The van der Waals surface area contributed by atoms with E-state index >= 15 is 0 Å². The highest BCUT2D eigenvalue weighted by molar-refractivity contribution is 5.85. The van der Waals surface area contributed by atoms with Crippen molar-refractivity contribution in [1.82, 2.24) is 0 Å². The van der Waals surface area contributed by atoms with Gasteiger partial charge in [-0.2, -0.15) is 0 Å². The van der Waals surface area contributed by atoms with Crippen LogP contribution in [0.5, 0.6) is 0 Å². The van der Waals surface area contributed by atoms with E-state index in [1.54, 1.807) is 0 Å². The fourth-order valence-electron chi connectivity index (χ4n) is 0.510.